The van der Waals surface area contributed by atoms with Crippen molar-refractivity contribution in [1.29, 1.82) is 0 Å². The smallest absolute Gasteiger partial charge is 0.0467 e. The summed E-state index contributed by atoms with van der Waals surface area (Å²) < 4.78 is 0. The zero-order valence-electron chi connectivity index (χ0n) is 34.7. The van der Waals surface area contributed by atoms with E-state index in [1.54, 1.807) is 0 Å². The van der Waals surface area contributed by atoms with Crippen molar-refractivity contribution >= 4 is 46.3 Å². The lowest BCUT2D eigenvalue weighted by molar-refractivity contribution is 1.03. The summed E-state index contributed by atoms with van der Waals surface area (Å²) in [6, 6.07) is 42.0. The molecule has 2 aliphatic rings. The Labute approximate surface area is 335 Å². The number of anilines is 6. The standard InChI is InChI=1S/C54H56N2/c1-9-39-15-21-51(31-41(39)11-3)55(49-19-13-35(5)37(7)25-49)53-23-17-43-27-45(29-47(43)33-53)46-28-44-18-24-54(34-48(44)30-46)56(50-20-14-36(6)38(8)26-50)52-22-16-40(10-2)42(12-4)32-52/h13-27,30-34H,9-12,28-29H2,1-8H3. The van der Waals surface area contributed by atoms with Gasteiger partial charge in [-0.2, -0.15) is 0 Å². The van der Waals surface area contributed by atoms with E-state index in [0.29, 0.717) is 0 Å². The predicted molar refractivity (Wildman–Crippen MR) is 242 cm³/mol. The Kier molecular flexibility index (Phi) is 10.3. The van der Waals surface area contributed by atoms with Crippen LogP contribution in [0.15, 0.2) is 120 Å². The molecule has 6 aromatic carbocycles. The molecule has 0 amide bonds. The molecule has 8 rings (SSSR count). The summed E-state index contributed by atoms with van der Waals surface area (Å²) in [5, 5.41) is 0. The number of benzene rings is 6. The third-order valence-corrected chi connectivity index (χ3v) is 12.5. The van der Waals surface area contributed by atoms with Crippen LogP contribution < -0.4 is 9.80 Å². The molecule has 0 saturated heterocycles. The van der Waals surface area contributed by atoms with Gasteiger partial charge in [0, 0.05) is 34.1 Å². The maximum absolute atomic E-state index is 2.45. The lowest BCUT2D eigenvalue weighted by Crippen LogP contribution is -2.11. The fraction of sp³-hybridized carbons (Fsp3) is 0.259. The lowest BCUT2D eigenvalue weighted by Gasteiger charge is -2.27. The van der Waals surface area contributed by atoms with E-state index in [4.69, 9.17) is 0 Å². The molecule has 0 N–H and O–H groups in total. The molecular weight excluding hydrogens is 677 g/mol. The zero-order chi connectivity index (χ0) is 39.1. The fourth-order valence-corrected chi connectivity index (χ4v) is 8.82. The highest BCUT2D eigenvalue weighted by molar-refractivity contribution is 5.84. The van der Waals surface area contributed by atoms with Gasteiger partial charge in [0.25, 0.3) is 0 Å². The van der Waals surface area contributed by atoms with Gasteiger partial charge in [-0.05, 0) is 217 Å². The van der Waals surface area contributed by atoms with Crippen molar-refractivity contribution in [1.82, 2.24) is 0 Å². The average molecular weight is 733 g/mol. The van der Waals surface area contributed by atoms with Crippen LogP contribution in [0, 0.1) is 27.7 Å². The Bertz CT molecular complexity index is 2530. The van der Waals surface area contributed by atoms with Crippen LogP contribution >= 0.6 is 0 Å². The molecule has 0 aromatic heterocycles. The van der Waals surface area contributed by atoms with E-state index < -0.39 is 0 Å². The quantitative estimate of drug-likeness (QED) is 0.131. The molecule has 282 valence electrons. The third kappa shape index (κ3) is 7.03. The number of fused-ring (bicyclic) bond motifs is 2. The predicted octanol–water partition coefficient (Wildman–Crippen LogP) is 14.7. The van der Waals surface area contributed by atoms with Crippen LogP contribution in [-0.2, 0) is 38.5 Å². The third-order valence-electron chi connectivity index (χ3n) is 12.5. The zero-order valence-corrected chi connectivity index (χ0v) is 34.7. The van der Waals surface area contributed by atoms with E-state index in [1.807, 2.05) is 0 Å². The number of hydrogen-bond donors (Lipinski definition) is 0. The molecule has 2 heteroatoms. The first-order valence-electron chi connectivity index (χ1n) is 20.8. The summed E-state index contributed by atoms with van der Waals surface area (Å²) in [6.45, 7) is 17.9. The molecule has 0 saturated carbocycles. The minimum absolute atomic E-state index is 0.948. The van der Waals surface area contributed by atoms with Crippen LogP contribution in [-0.4, -0.2) is 0 Å². The Hall–Kier alpha value is -5.60. The van der Waals surface area contributed by atoms with Crippen molar-refractivity contribution in [2.24, 2.45) is 0 Å². The first-order chi connectivity index (χ1) is 27.2. The molecule has 0 unspecified atom stereocenters. The second-order valence-electron chi connectivity index (χ2n) is 16.0. The topological polar surface area (TPSA) is 6.48 Å². The summed E-state index contributed by atoms with van der Waals surface area (Å²) in [6.07, 6.45) is 11.0. The molecule has 56 heavy (non-hydrogen) atoms. The van der Waals surface area contributed by atoms with E-state index in [9.17, 15) is 0 Å². The summed E-state index contributed by atoms with van der Waals surface area (Å²) >= 11 is 0. The summed E-state index contributed by atoms with van der Waals surface area (Å²) in [5.74, 6) is 0. The molecule has 0 atom stereocenters. The van der Waals surface area contributed by atoms with Crippen molar-refractivity contribution in [3.8, 4) is 0 Å². The van der Waals surface area contributed by atoms with Crippen molar-refractivity contribution < 1.29 is 0 Å². The van der Waals surface area contributed by atoms with Crippen LogP contribution in [0.2, 0.25) is 0 Å². The Morgan fingerprint density at radius 3 is 1.29 bits per heavy atom. The molecule has 6 aromatic rings. The molecule has 0 bridgehead atoms. The first-order valence-corrected chi connectivity index (χ1v) is 20.8. The largest absolute Gasteiger partial charge is 0.310 e. The van der Waals surface area contributed by atoms with E-state index in [2.05, 4.69) is 187 Å². The van der Waals surface area contributed by atoms with Gasteiger partial charge in [0.15, 0.2) is 0 Å². The number of aryl methyl sites for hydroxylation is 8. The monoisotopic (exact) mass is 732 g/mol. The van der Waals surface area contributed by atoms with Crippen molar-refractivity contribution in [3.05, 3.63) is 187 Å². The average Bonchev–Trinajstić information content (AvgIpc) is 3.85. The van der Waals surface area contributed by atoms with Gasteiger partial charge in [-0.25, -0.2) is 0 Å². The molecule has 0 radical (unpaired) electrons. The van der Waals surface area contributed by atoms with Crippen LogP contribution in [0.1, 0.15) is 94.5 Å². The summed E-state index contributed by atoms with van der Waals surface area (Å²) in [4.78, 5) is 4.90. The van der Waals surface area contributed by atoms with E-state index >= 15 is 0 Å². The second kappa shape index (κ2) is 15.5. The minimum Gasteiger partial charge on any atom is -0.310 e. The van der Waals surface area contributed by atoms with E-state index in [-0.39, 0.29) is 0 Å². The Morgan fingerprint density at radius 2 is 0.768 bits per heavy atom. The second-order valence-corrected chi connectivity index (χ2v) is 16.0. The van der Waals surface area contributed by atoms with E-state index in [1.165, 1.54) is 112 Å². The van der Waals surface area contributed by atoms with Gasteiger partial charge in [0.1, 0.15) is 0 Å². The lowest BCUT2D eigenvalue weighted by atomic mass is 10.00. The maximum Gasteiger partial charge on any atom is 0.0467 e. The minimum atomic E-state index is 0.948. The number of nitrogens with zero attached hydrogens (tertiary/aromatic N) is 2. The van der Waals surface area contributed by atoms with Crippen molar-refractivity contribution in [3.63, 3.8) is 0 Å². The van der Waals surface area contributed by atoms with E-state index in [0.717, 1.165) is 38.5 Å². The van der Waals surface area contributed by atoms with Crippen LogP contribution in [0.4, 0.5) is 34.1 Å². The van der Waals surface area contributed by atoms with Gasteiger partial charge < -0.3 is 9.80 Å². The summed E-state index contributed by atoms with van der Waals surface area (Å²) in [7, 11) is 0. The van der Waals surface area contributed by atoms with Crippen LogP contribution in [0.25, 0.3) is 12.2 Å². The molecule has 0 fully saturated rings. The van der Waals surface area contributed by atoms with Crippen LogP contribution in [0.3, 0.4) is 0 Å². The molecule has 0 spiro atoms. The van der Waals surface area contributed by atoms with Gasteiger partial charge in [0.2, 0.25) is 0 Å². The van der Waals surface area contributed by atoms with Gasteiger partial charge in [-0.1, -0.05) is 76.2 Å². The molecule has 2 nitrogen and oxygen atoms in total. The highest BCUT2D eigenvalue weighted by atomic mass is 15.1. The SMILES string of the molecule is CCc1ccc(N(c2ccc(C)c(C)c2)c2ccc3c(c2)C=C(C2=Cc4ccc(N(c5ccc(C)c(C)c5)c5ccc(CC)c(CC)c5)cc4C2)C3)cc1CC. The van der Waals surface area contributed by atoms with Gasteiger partial charge >= 0.3 is 0 Å². The van der Waals surface area contributed by atoms with Crippen LogP contribution in [0.5, 0.6) is 0 Å². The Balaban J connectivity index is 1.11. The molecule has 0 heterocycles. The highest BCUT2D eigenvalue weighted by Gasteiger charge is 2.24. The number of allylic oxidation sites excluding steroid dienone is 2. The number of hydrogen-bond acceptors (Lipinski definition) is 2. The maximum atomic E-state index is 2.45. The normalized spacial score (nSPS) is 13.0. The molecule has 0 aliphatic heterocycles. The fourth-order valence-electron chi connectivity index (χ4n) is 8.82. The number of rotatable bonds is 11. The summed E-state index contributed by atoms with van der Waals surface area (Å²) in [5.41, 5.74) is 26.6. The van der Waals surface area contributed by atoms with Crippen molar-refractivity contribution in [2.75, 3.05) is 9.80 Å². The van der Waals surface area contributed by atoms with Gasteiger partial charge in [0.05, 0.1) is 0 Å². The Morgan fingerprint density at radius 1 is 0.357 bits per heavy atom. The molecule has 2 aliphatic carbocycles. The first kappa shape index (κ1) is 37.3. The van der Waals surface area contributed by atoms with Gasteiger partial charge in [-0.15, -0.1) is 0 Å². The van der Waals surface area contributed by atoms with Gasteiger partial charge in [-0.3, -0.25) is 0 Å². The highest BCUT2D eigenvalue weighted by Crippen LogP contribution is 2.43. The van der Waals surface area contributed by atoms with Crippen molar-refractivity contribution in [2.45, 2.75) is 93.9 Å². The molecular formula is C54H56N2.